The molecular weight excluding hydrogens is 405 g/mol. The molecule has 0 aliphatic carbocycles. The van der Waals surface area contributed by atoms with Crippen molar-refractivity contribution in [2.75, 3.05) is 10.6 Å². The molecule has 1 atom stereocenters. The van der Waals surface area contributed by atoms with E-state index in [0.717, 1.165) is 12.1 Å². The Morgan fingerprint density at radius 2 is 1.88 bits per heavy atom. The number of amides is 2. The lowest BCUT2D eigenvalue weighted by Gasteiger charge is -2.23. The Hall–Kier alpha value is -1.77. The van der Waals surface area contributed by atoms with Gasteiger partial charge in [-0.25, -0.2) is 4.79 Å². The largest absolute Gasteiger partial charge is 0.436 e. The van der Waals surface area contributed by atoms with Crippen LogP contribution in [-0.4, -0.2) is 29.0 Å². The summed E-state index contributed by atoms with van der Waals surface area (Å²) >= 11 is 3.15. The van der Waals surface area contributed by atoms with E-state index in [1.54, 1.807) is 20.8 Å². The highest BCUT2D eigenvalue weighted by atomic mass is 79.9. The smallest absolute Gasteiger partial charge is 0.416 e. The predicted molar refractivity (Wildman–Crippen MR) is 91.6 cm³/mol. The van der Waals surface area contributed by atoms with Gasteiger partial charge >= 0.3 is 12.3 Å². The van der Waals surface area contributed by atoms with Crippen LogP contribution in [-0.2, 0) is 15.7 Å². The van der Waals surface area contributed by atoms with Gasteiger partial charge in [0.05, 0.1) is 5.56 Å². The Bertz CT molecular complexity index is 615. The highest BCUT2D eigenvalue weighted by Crippen LogP contribution is 2.30. The van der Waals surface area contributed by atoms with Crippen molar-refractivity contribution in [1.82, 2.24) is 5.32 Å². The molecule has 1 aromatic carbocycles. The van der Waals surface area contributed by atoms with Crippen LogP contribution in [0.3, 0.4) is 0 Å². The number of carbonyl (C=O) groups is 2. The first-order chi connectivity index (χ1) is 11.4. The maximum absolute atomic E-state index is 12.7. The first-order valence-corrected chi connectivity index (χ1v) is 8.57. The molecule has 0 aromatic heterocycles. The van der Waals surface area contributed by atoms with E-state index in [0.29, 0.717) is 5.33 Å². The Kier molecular flexibility index (Phi) is 7.28. The second kappa shape index (κ2) is 8.55. The zero-order valence-electron chi connectivity index (χ0n) is 14.0. The lowest BCUT2D eigenvalue weighted by molar-refractivity contribution is -0.137. The van der Waals surface area contributed by atoms with E-state index >= 15 is 0 Å². The van der Waals surface area contributed by atoms with Crippen LogP contribution in [0.25, 0.3) is 0 Å². The minimum absolute atomic E-state index is 0.0285. The summed E-state index contributed by atoms with van der Waals surface area (Å²) < 4.78 is 43.2. The van der Waals surface area contributed by atoms with E-state index in [1.807, 2.05) is 0 Å². The molecule has 0 heterocycles. The molecule has 5 nitrogen and oxygen atoms in total. The molecule has 0 aliphatic heterocycles. The van der Waals surface area contributed by atoms with Crippen molar-refractivity contribution >= 4 is 33.6 Å². The lowest BCUT2D eigenvalue weighted by Crippen LogP contribution is -2.44. The van der Waals surface area contributed by atoms with Crippen LogP contribution in [0, 0.1) is 0 Å². The van der Waals surface area contributed by atoms with E-state index in [-0.39, 0.29) is 12.1 Å². The maximum atomic E-state index is 12.7. The van der Waals surface area contributed by atoms with Crippen molar-refractivity contribution < 1.29 is 27.5 Å². The van der Waals surface area contributed by atoms with Crippen molar-refractivity contribution in [3.63, 3.8) is 0 Å². The molecule has 0 bridgehead atoms. The van der Waals surface area contributed by atoms with Gasteiger partial charge in [0.15, 0.2) is 6.10 Å². The summed E-state index contributed by atoms with van der Waals surface area (Å²) in [4.78, 5) is 24.1. The van der Waals surface area contributed by atoms with Gasteiger partial charge in [0, 0.05) is 23.0 Å². The fourth-order valence-corrected chi connectivity index (χ4v) is 2.22. The van der Waals surface area contributed by atoms with Crippen LogP contribution in [0.2, 0.25) is 0 Å². The number of alkyl carbamates (subject to hydrolysis) is 1. The van der Waals surface area contributed by atoms with E-state index in [2.05, 4.69) is 26.6 Å². The molecule has 9 heteroatoms. The fraction of sp³-hybridized carbons (Fsp3) is 0.500. The van der Waals surface area contributed by atoms with Crippen LogP contribution >= 0.6 is 15.9 Å². The van der Waals surface area contributed by atoms with Gasteiger partial charge in [0.1, 0.15) is 0 Å². The molecule has 1 rings (SSSR count). The SMILES string of the molecule is CC(C)(C)NC(=O)OC(CCBr)C(=O)Nc1cccc(C(F)(F)F)c1. The number of carbonyl (C=O) groups excluding carboxylic acids is 2. The number of nitrogens with one attached hydrogen (secondary N) is 2. The van der Waals surface area contributed by atoms with Crippen LogP contribution in [0.4, 0.5) is 23.7 Å². The first-order valence-electron chi connectivity index (χ1n) is 7.45. The Labute approximate surface area is 152 Å². The third-order valence-corrected chi connectivity index (χ3v) is 3.31. The lowest BCUT2D eigenvalue weighted by atomic mass is 10.1. The molecule has 2 amide bonds. The number of anilines is 1. The first kappa shape index (κ1) is 21.3. The minimum atomic E-state index is -4.51. The monoisotopic (exact) mass is 424 g/mol. The summed E-state index contributed by atoms with van der Waals surface area (Å²) in [6, 6.07) is 4.23. The van der Waals surface area contributed by atoms with E-state index in [1.165, 1.54) is 12.1 Å². The van der Waals surface area contributed by atoms with E-state index in [4.69, 9.17) is 4.74 Å². The Balaban J connectivity index is 2.81. The van der Waals surface area contributed by atoms with Gasteiger partial charge in [0.25, 0.3) is 5.91 Å². The number of alkyl halides is 4. The average Bonchev–Trinajstić information content (AvgIpc) is 2.44. The quantitative estimate of drug-likeness (QED) is 0.691. The summed E-state index contributed by atoms with van der Waals surface area (Å²) in [7, 11) is 0. The standard InChI is InChI=1S/C16H20BrF3N2O3/c1-15(2,3)22-14(24)25-12(7-8-17)13(23)21-11-6-4-5-10(9-11)16(18,19)20/h4-6,9,12H,7-8H2,1-3H3,(H,21,23)(H,22,24). The molecule has 0 radical (unpaired) electrons. The zero-order chi connectivity index (χ0) is 19.3. The summed E-state index contributed by atoms with van der Waals surface area (Å²) in [6.45, 7) is 5.24. The molecule has 0 spiro atoms. The third kappa shape index (κ3) is 7.76. The van der Waals surface area contributed by atoms with Crippen LogP contribution < -0.4 is 10.6 Å². The van der Waals surface area contributed by atoms with E-state index < -0.39 is 35.4 Å². The highest BCUT2D eigenvalue weighted by Gasteiger charge is 2.31. The average molecular weight is 425 g/mol. The van der Waals surface area contributed by atoms with Crippen LogP contribution in [0.5, 0.6) is 0 Å². The summed E-state index contributed by atoms with van der Waals surface area (Å²) in [5.41, 5.74) is -1.46. The van der Waals surface area contributed by atoms with Gasteiger partial charge in [-0.05, 0) is 39.0 Å². The molecular formula is C16H20BrF3N2O3. The number of hydrogen-bond donors (Lipinski definition) is 2. The summed E-state index contributed by atoms with van der Waals surface area (Å²) in [6.07, 6.45) is -6.27. The summed E-state index contributed by atoms with van der Waals surface area (Å²) in [5, 5.41) is 5.26. The van der Waals surface area contributed by atoms with Crippen molar-refractivity contribution in [2.45, 2.75) is 45.0 Å². The molecule has 0 fully saturated rings. The molecule has 1 aromatic rings. The Morgan fingerprint density at radius 1 is 1.24 bits per heavy atom. The molecule has 0 saturated carbocycles. The van der Waals surface area contributed by atoms with Gasteiger partial charge in [0.2, 0.25) is 0 Å². The molecule has 2 N–H and O–H groups in total. The number of ether oxygens (including phenoxy) is 1. The van der Waals surface area contributed by atoms with Gasteiger partial charge < -0.3 is 15.4 Å². The Morgan fingerprint density at radius 3 is 2.40 bits per heavy atom. The molecule has 0 saturated heterocycles. The van der Waals surface area contributed by atoms with Crippen molar-refractivity contribution in [3.05, 3.63) is 29.8 Å². The van der Waals surface area contributed by atoms with Gasteiger partial charge in [-0.3, -0.25) is 4.79 Å². The minimum Gasteiger partial charge on any atom is -0.436 e. The number of benzene rings is 1. The maximum Gasteiger partial charge on any atom is 0.416 e. The number of rotatable bonds is 5. The molecule has 25 heavy (non-hydrogen) atoms. The third-order valence-electron chi connectivity index (χ3n) is 2.85. The molecule has 140 valence electrons. The predicted octanol–water partition coefficient (Wildman–Crippen LogP) is 4.32. The second-order valence-corrected chi connectivity index (χ2v) is 7.11. The van der Waals surface area contributed by atoms with Gasteiger partial charge in [-0.1, -0.05) is 22.0 Å². The topological polar surface area (TPSA) is 67.4 Å². The number of hydrogen-bond acceptors (Lipinski definition) is 3. The van der Waals surface area contributed by atoms with Crippen LogP contribution in [0.1, 0.15) is 32.8 Å². The van der Waals surface area contributed by atoms with E-state index in [9.17, 15) is 22.8 Å². The van der Waals surface area contributed by atoms with Gasteiger partial charge in [-0.2, -0.15) is 13.2 Å². The van der Waals surface area contributed by atoms with Crippen molar-refractivity contribution in [2.24, 2.45) is 0 Å². The molecule has 0 aliphatic rings. The van der Waals surface area contributed by atoms with Crippen molar-refractivity contribution in [1.29, 1.82) is 0 Å². The highest BCUT2D eigenvalue weighted by molar-refractivity contribution is 9.09. The van der Waals surface area contributed by atoms with Crippen LogP contribution in [0.15, 0.2) is 24.3 Å². The normalized spacial score (nSPS) is 13.1. The zero-order valence-corrected chi connectivity index (χ0v) is 15.6. The second-order valence-electron chi connectivity index (χ2n) is 6.31. The molecule has 1 unspecified atom stereocenters. The van der Waals surface area contributed by atoms with Gasteiger partial charge in [-0.15, -0.1) is 0 Å². The summed E-state index contributed by atoms with van der Waals surface area (Å²) in [5.74, 6) is -0.706. The number of halogens is 4. The fourth-order valence-electron chi connectivity index (χ4n) is 1.80. The van der Waals surface area contributed by atoms with Crippen molar-refractivity contribution in [3.8, 4) is 0 Å².